The van der Waals surface area contributed by atoms with Crippen LogP contribution in [0.2, 0.25) is 0 Å². The molecule has 0 radical (unpaired) electrons. The van der Waals surface area contributed by atoms with Gasteiger partial charge in [-0.3, -0.25) is 0 Å². The van der Waals surface area contributed by atoms with Crippen molar-refractivity contribution in [3.63, 3.8) is 0 Å². The first-order valence-electron chi connectivity index (χ1n) is 5.97. The minimum absolute atomic E-state index is 0.259. The number of alkyl halides is 1. The van der Waals surface area contributed by atoms with Gasteiger partial charge in [-0.1, -0.05) is 6.07 Å². The van der Waals surface area contributed by atoms with E-state index in [1.54, 1.807) is 6.07 Å². The predicted octanol–water partition coefficient (Wildman–Crippen LogP) is 3.47. The largest absolute Gasteiger partial charge is 0.307 e. The second kappa shape index (κ2) is 4.35. The molecule has 94 valence electrons. The molecule has 1 aliphatic rings. The molecular weight excluding hydrogens is 253 g/mol. The molecule has 0 saturated heterocycles. The fraction of sp³-hybridized carbons (Fsp3) is 0.385. The van der Waals surface area contributed by atoms with Gasteiger partial charge in [0.15, 0.2) is 5.82 Å². The molecule has 2 aromatic rings. The molecule has 1 aromatic carbocycles. The number of aromatic nitrogens is 3. The molecule has 1 heterocycles. The lowest BCUT2D eigenvalue weighted by Crippen LogP contribution is -2.03. The van der Waals surface area contributed by atoms with Gasteiger partial charge < -0.3 is 4.57 Å². The molecular formula is C13H13ClFN3. The van der Waals surface area contributed by atoms with Gasteiger partial charge in [-0.25, -0.2) is 4.39 Å². The fourth-order valence-electron chi connectivity index (χ4n) is 2.12. The summed E-state index contributed by atoms with van der Waals surface area (Å²) in [5, 5.41) is 8.15. The van der Waals surface area contributed by atoms with Crippen molar-refractivity contribution in [2.24, 2.45) is 0 Å². The van der Waals surface area contributed by atoms with Crippen LogP contribution in [0.4, 0.5) is 4.39 Å². The van der Waals surface area contributed by atoms with E-state index in [0.717, 1.165) is 18.4 Å². The lowest BCUT2D eigenvalue weighted by atomic mass is 10.1. The predicted molar refractivity (Wildman–Crippen MR) is 68.0 cm³/mol. The Morgan fingerprint density at radius 3 is 2.78 bits per heavy atom. The minimum Gasteiger partial charge on any atom is -0.307 e. The second-order valence-electron chi connectivity index (χ2n) is 4.66. The van der Waals surface area contributed by atoms with E-state index >= 15 is 0 Å². The summed E-state index contributed by atoms with van der Waals surface area (Å²) in [6.45, 7) is 1.86. The summed E-state index contributed by atoms with van der Waals surface area (Å²) >= 11 is 5.85. The van der Waals surface area contributed by atoms with E-state index in [1.165, 1.54) is 6.07 Å². The summed E-state index contributed by atoms with van der Waals surface area (Å²) in [5.41, 5.74) is 1.39. The van der Waals surface area contributed by atoms with Crippen LogP contribution in [-0.4, -0.2) is 14.8 Å². The Balaban J connectivity index is 2.13. The summed E-state index contributed by atoms with van der Waals surface area (Å²) in [6.07, 6.45) is 2.17. The van der Waals surface area contributed by atoms with Crippen LogP contribution >= 0.6 is 11.6 Å². The quantitative estimate of drug-likeness (QED) is 0.796. The molecule has 1 aliphatic carbocycles. The Hall–Kier alpha value is -1.42. The highest BCUT2D eigenvalue weighted by atomic mass is 35.5. The summed E-state index contributed by atoms with van der Waals surface area (Å²) in [7, 11) is 0. The molecule has 5 heteroatoms. The highest BCUT2D eigenvalue weighted by molar-refractivity contribution is 6.16. The van der Waals surface area contributed by atoms with E-state index in [9.17, 15) is 4.39 Å². The number of benzene rings is 1. The zero-order chi connectivity index (χ0) is 12.7. The molecule has 1 saturated carbocycles. The summed E-state index contributed by atoms with van der Waals surface area (Å²) in [5.74, 6) is 1.35. The Bertz CT molecular complexity index is 590. The number of hydrogen-bond acceptors (Lipinski definition) is 2. The van der Waals surface area contributed by atoms with Crippen molar-refractivity contribution in [1.82, 2.24) is 14.8 Å². The van der Waals surface area contributed by atoms with Gasteiger partial charge in [0.05, 0.1) is 11.4 Å². The molecule has 0 unspecified atom stereocenters. The van der Waals surface area contributed by atoms with Crippen molar-refractivity contribution < 1.29 is 4.39 Å². The van der Waals surface area contributed by atoms with Crippen LogP contribution in [0.15, 0.2) is 18.2 Å². The first-order chi connectivity index (χ1) is 8.70. The van der Waals surface area contributed by atoms with Gasteiger partial charge in [0, 0.05) is 6.04 Å². The number of rotatable bonds is 3. The number of hydrogen-bond donors (Lipinski definition) is 0. The van der Waals surface area contributed by atoms with Crippen LogP contribution < -0.4 is 0 Å². The van der Waals surface area contributed by atoms with Crippen molar-refractivity contribution in [2.75, 3.05) is 0 Å². The van der Waals surface area contributed by atoms with Gasteiger partial charge in [0.1, 0.15) is 11.6 Å². The maximum Gasteiger partial charge on any atom is 0.167 e. The molecule has 18 heavy (non-hydrogen) atoms. The van der Waals surface area contributed by atoms with Crippen LogP contribution in [0.5, 0.6) is 0 Å². The van der Waals surface area contributed by atoms with E-state index in [0.29, 0.717) is 29.1 Å². The molecule has 0 spiro atoms. The lowest BCUT2D eigenvalue weighted by Gasteiger charge is -2.08. The van der Waals surface area contributed by atoms with Gasteiger partial charge in [-0.2, -0.15) is 0 Å². The second-order valence-corrected chi connectivity index (χ2v) is 4.93. The van der Waals surface area contributed by atoms with Crippen LogP contribution in [0.3, 0.4) is 0 Å². The summed E-state index contributed by atoms with van der Waals surface area (Å²) in [6, 6.07) is 5.53. The smallest absolute Gasteiger partial charge is 0.167 e. The van der Waals surface area contributed by atoms with Crippen LogP contribution in [0.1, 0.15) is 30.3 Å². The first-order valence-corrected chi connectivity index (χ1v) is 6.50. The third-order valence-corrected chi connectivity index (χ3v) is 3.40. The lowest BCUT2D eigenvalue weighted by molar-refractivity contribution is 0.624. The average Bonchev–Trinajstić information content (AvgIpc) is 3.09. The SMILES string of the molecule is Cc1ccc(-c2nnc(CCl)n2C2CC2)c(F)c1. The van der Waals surface area contributed by atoms with Crippen molar-refractivity contribution >= 4 is 11.6 Å². The maximum absolute atomic E-state index is 14.0. The zero-order valence-corrected chi connectivity index (χ0v) is 10.8. The van der Waals surface area contributed by atoms with Gasteiger partial charge in [0.2, 0.25) is 0 Å². The van der Waals surface area contributed by atoms with E-state index in [4.69, 9.17) is 11.6 Å². The number of nitrogens with zero attached hydrogens (tertiary/aromatic N) is 3. The highest BCUT2D eigenvalue weighted by Gasteiger charge is 2.30. The monoisotopic (exact) mass is 265 g/mol. The Labute approximate surface area is 110 Å². The number of halogens is 2. The van der Waals surface area contributed by atoms with Gasteiger partial charge in [0.25, 0.3) is 0 Å². The Kier molecular flexibility index (Phi) is 2.82. The van der Waals surface area contributed by atoms with Gasteiger partial charge in [-0.05, 0) is 37.5 Å². The average molecular weight is 266 g/mol. The molecule has 3 rings (SSSR count). The van der Waals surface area contributed by atoms with E-state index in [-0.39, 0.29) is 5.82 Å². The highest BCUT2D eigenvalue weighted by Crippen LogP contribution is 2.39. The Morgan fingerprint density at radius 2 is 2.17 bits per heavy atom. The van der Waals surface area contributed by atoms with Crippen molar-refractivity contribution in [3.05, 3.63) is 35.4 Å². The topological polar surface area (TPSA) is 30.7 Å². The zero-order valence-electron chi connectivity index (χ0n) is 10.0. The fourth-order valence-corrected chi connectivity index (χ4v) is 2.30. The summed E-state index contributed by atoms with van der Waals surface area (Å²) in [4.78, 5) is 0. The first kappa shape index (κ1) is 11.7. The molecule has 0 atom stereocenters. The van der Waals surface area contributed by atoms with E-state index < -0.39 is 0 Å². The van der Waals surface area contributed by atoms with E-state index in [1.807, 2.05) is 17.6 Å². The molecule has 1 fully saturated rings. The maximum atomic E-state index is 14.0. The van der Waals surface area contributed by atoms with Crippen molar-refractivity contribution in [1.29, 1.82) is 0 Å². The van der Waals surface area contributed by atoms with Gasteiger partial charge in [-0.15, -0.1) is 21.8 Å². The standard InChI is InChI=1S/C13H13ClFN3/c1-8-2-5-10(11(15)6-8)13-17-16-12(7-14)18(13)9-3-4-9/h2,5-6,9H,3-4,7H2,1H3. The molecule has 0 N–H and O–H groups in total. The van der Waals surface area contributed by atoms with Crippen LogP contribution in [0.25, 0.3) is 11.4 Å². The third kappa shape index (κ3) is 1.90. The third-order valence-electron chi connectivity index (χ3n) is 3.16. The molecule has 1 aromatic heterocycles. The van der Waals surface area contributed by atoms with Crippen molar-refractivity contribution in [2.45, 2.75) is 31.7 Å². The molecule has 0 bridgehead atoms. The van der Waals surface area contributed by atoms with Gasteiger partial charge >= 0.3 is 0 Å². The summed E-state index contributed by atoms with van der Waals surface area (Å²) < 4.78 is 16.0. The Morgan fingerprint density at radius 1 is 1.39 bits per heavy atom. The van der Waals surface area contributed by atoms with Crippen molar-refractivity contribution in [3.8, 4) is 11.4 Å². The molecule has 0 amide bonds. The van der Waals surface area contributed by atoms with Crippen LogP contribution in [-0.2, 0) is 5.88 Å². The molecule has 3 nitrogen and oxygen atoms in total. The molecule has 0 aliphatic heterocycles. The normalized spacial score (nSPS) is 15.1. The minimum atomic E-state index is -0.259. The van der Waals surface area contributed by atoms with Crippen LogP contribution in [0, 0.1) is 12.7 Å². The number of aryl methyl sites for hydroxylation is 1. The van der Waals surface area contributed by atoms with E-state index in [2.05, 4.69) is 10.2 Å².